The molecule has 0 aliphatic carbocycles. The standard InChI is InChI=1S/C14H23N3O2/c1-9(2)13(8-18)15-14(19)7-6-12-10(3)16-17(5)11(12)4/h6-7,9,13,18H,8H2,1-5H3,(H,15,19). The third-order valence-electron chi connectivity index (χ3n) is 3.30. The number of carbonyl (C=O) groups is 1. The molecule has 1 unspecified atom stereocenters. The lowest BCUT2D eigenvalue weighted by Crippen LogP contribution is -2.40. The lowest BCUT2D eigenvalue weighted by Gasteiger charge is -2.18. The van der Waals surface area contributed by atoms with Crippen LogP contribution < -0.4 is 5.32 Å². The minimum atomic E-state index is -0.215. The molecule has 1 heterocycles. The molecule has 0 fully saturated rings. The van der Waals surface area contributed by atoms with Gasteiger partial charge in [0.25, 0.3) is 0 Å². The van der Waals surface area contributed by atoms with Crippen molar-refractivity contribution in [3.63, 3.8) is 0 Å². The van der Waals surface area contributed by atoms with Crippen molar-refractivity contribution >= 4 is 12.0 Å². The smallest absolute Gasteiger partial charge is 0.244 e. The molecular weight excluding hydrogens is 242 g/mol. The first-order valence-corrected chi connectivity index (χ1v) is 6.46. The van der Waals surface area contributed by atoms with Crippen LogP contribution in [0.5, 0.6) is 0 Å². The van der Waals surface area contributed by atoms with Crippen LogP contribution in [-0.4, -0.2) is 33.4 Å². The number of nitrogens with zero attached hydrogens (tertiary/aromatic N) is 2. The molecule has 0 radical (unpaired) electrons. The number of aryl methyl sites for hydroxylation is 2. The average molecular weight is 265 g/mol. The first kappa shape index (κ1) is 15.4. The Bertz CT molecular complexity index is 475. The summed E-state index contributed by atoms with van der Waals surface area (Å²) in [6, 6.07) is -0.215. The summed E-state index contributed by atoms with van der Waals surface area (Å²) in [4.78, 5) is 11.8. The van der Waals surface area contributed by atoms with Crippen molar-refractivity contribution in [1.29, 1.82) is 0 Å². The van der Waals surface area contributed by atoms with E-state index >= 15 is 0 Å². The van der Waals surface area contributed by atoms with Crippen LogP contribution in [-0.2, 0) is 11.8 Å². The molecule has 1 aromatic heterocycles. The fourth-order valence-corrected chi connectivity index (χ4v) is 1.84. The van der Waals surface area contributed by atoms with E-state index in [0.717, 1.165) is 17.0 Å². The van der Waals surface area contributed by atoms with Crippen molar-refractivity contribution in [2.24, 2.45) is 13.0 Å². The molecular formula is C14H23N3O2. The van der Waals surface area contributed by atoms with Gasteiger partial charge in [-0.2, -0.15) is 5.10 Å². The Morgan fingerprint density at radius 1 is 1.47 bits per heavy atom. The highest BCUT2D eigenvalue weighted by Crippen LogP contribution is 2.13. The summed E-state index contributed by atoms with van der Waals surface area (Å²) in [6.07, 6.45) is 3.25. The molecule has 0 bridgehead atoms. The molecule has 0 aliphatic heterocycles. The quantitative estimate of drug-likeness (QED) is 0.786. The van der Waals surface area contributed by atoms with Gasteiger partial charge in [0.05, 0.1) is 18.3 Å². The molecule has 1 atom stereocenters. The summed E-state index contributed by atoms with van der Waals surface area (Å²) in [6.45, 7) is 7.74. The molecule has 106 valence electrons. The van der Waals surface area contributed by atoms with Crippen molar-refractivity contribution in [2.75, 3.05) is 6.61 Å². The zero-order valence-electron chi connectivity index (χ0n) is 12.3. The molecule has 1 aromatic rings. The molecule has 0 aromatic carbocycles. The van der Waals surface area contributed by atoms with Crippen LogP contribution in [0, 0.1) is 19.8 Å². The highest BCUT2D eigenvalue weighted by atomic mass is 16.3. The van der Waals surface area contributed by atoms with Crippen molar-refractivity contribution in [3.05, 3.63) is 23.0 Å². The minimum Gasteiger partial charge on any atom is -0.394 e. The van der Waals surface area contributed by atoms with E-state index in [1.54, 1.807) is 10.8 Å². The summed E-state index contributed by atoms with van der Waals surface area (Å²) in [5.74, 6) is -0.000354. The van der Waals surface area contributed by atoms with E-state index in [1.165, 1.54) is 6.08 Å². The second-order valence-corrected chi connectivity index (χ2v) is 5.08. The molecule has 2 N–H and O–H groups in total. The zero-order valence-corrected chi connectivity index (χ0v) is 12.3. The van der Waals surface area contributed by atoms with Crippen LogP contribution >= 0.6 is 0 Å². The Morgan fingerprint density at radius 3 is 2.53 bits per heavy atom. The number of carbonyl (C=O) groups excluding carboxylic acids is 1. The van der Waals surface area contributed by atoms with Gasteiger partial charge in [0, 0.05) is 24.4 Å². The third kappa shape index (κ3) is 3.92. The molecule has 5 nitrogen and oxygen atoms in total. The highest BCUT2D eigenvalue weighted by molar-refractivity contribution is 5.92. The Balaban J connectivity index is 2.73. The molecule has 0 aliphatic rings. The minimum absolute atomic E-state index is 0.0534. The summed E-state index contributed by atoms with van der Waals surface area (Å²) >= 11 is 0. The van der Waals surface area contributed by atoms with Gasteiger partial charge in [-0.25, -0.2) is 0 Å². The van der Waals surface area contributed by atoms with Gasteiger partial charge in [0.1, 0.15) is 0 Å². The van der Waals surface area contributed by atoms with Crippen LogP contribution in [0.2, 0.25) is 0 Å². The first-order chi connectivity index (χ1) is 8.86. The Kier molecular flexibility index (Phi) is 5.30. The topological polar surface area (TPSA) is 67.2 Å². The maximum atomic E-state index is 11.8. The van der Waals surface area contributed by atoms with Crippen LogP contribution in [0.3, 0.4) is 0 Å². The normalized spacial score (nSPS) is 13.2. The van der Waals surface area contributed by atoms with E-state index < -0.39 is 0 Å². The van der Waals surface area contributed by atoms with Crippen molar-refractivity contribution in [1.82, 2.24) is 15.1 Å². The summed E-state index contributed by atoms with van der Waals surface area (Å²) in [5.41, 5.74) is 2.87. The number of aliphatic hydroxyl groups is 1. The van der Waals surface area contributed by atoms with Gasteiger partial charge in [-0.05, 0) is 25.8 Å². The van der Waals surface area contributed by atoms with Gasteiger partial charge in [-0.15, -0.1) is 0 Å². The largest absolute Gasteiger partial charge is 0.394 e. The van der Waals surface area contributed by atoms with Crippen LogP contribution in [0.15, 0.2) is 6.08 Å². The maximum absolute atomic E-state index is 11.8. The molecule has 1 amide bonds. The SMILES string of the molecule is Cc1nn(C)c(C)c1C=CC(=O)NC(CO)C(C)C. The van der Waals surface area contributed by atoms with Gasteiger partial charge in [-0.1, -0.05) is 13.8 Å². The van der Waals surface area contributed by atoms with Crippen molar-refractivity contribution in [2.45, 2.75) is 33.7 Å². The average Bonchev–Trinajstić information content (AvgIpc) is 2.58. The third-order valence-corrected chi connectivity index (χ3v) is 3.30. The lowest BCUT2D eigenvalue weighted by atomic mass is 10.1. The number of nitrogens with one attached hydrogen (secondary N) is 1. The van der Waals surface area contributed by atoms with E-state index in [0.29, 0.717) is 0 Å². The molecule has 0 saturated carbocycles. The monoisotopic (exact) mass is 265 g/mol. The second-order valence-electron chi connectivity index (χ2n) is 5.08. The van der Waals surface area contributed by atoms with Gasteiger partial charge < -0.3 is 10.4 Å². The number of amides is 1. The highest BCUT2D eigenvalue weighted by Gasteiger charge is 2.13. The van der Waals surface area contributed by atoms with Gasteiger partial charge in [-0.3, -0.25) is 9.48 Å². The molecule has 0 spiro atoms. The van der Waals surface area contributed by atoms with Crippen LogP contribution in [0.1, 0.15) is 30.8 Å². The molecule has 1 rings (SSSR count). The molecule has 5 heteroatoms. The fraction of sp³-hybridized carbons (Fsp3) is 0.571. The number of aromatic nitrogens is 2. The number of hydrogen-bond donors (Lipinski definition) is 2. The predicted octanol–water partition coefficient (Wildman–Crippen LogP) is 1.18. The van der Waals surface area contributed by atoms with E-state index in [1.807, 2.05) is 34.7 Å². The predicted molar refractivity (Wildman–Crippen MR) is 75.6 cm³/mol. The molecule has 19 heavy (non-hydrogen) atoms. The Morgan fingerprint density at radius 2 is 2.11 bits per heavy atom. The summed E-state index contributed by atoms with van der Waals surface area (Å²) < 4.78 is 1.79. The first-order valence-electron chi connectivity index (χ1n) is 6.46. The van der Waals surface area contributed by atoms with E-state index in [-0.39, 0.29) is 24.5 Å². The second kappa shape index (κ2) is 6.52. The van der Waals surface area contributed by atoms with Crippen LogP contribution in [0.25, 0.3) is 6.08 Å². The summed E-state index contributed by atoms with van der Waals surface area (Å²) in [5, 5.41) is 16.2. The zero-order chi connectivity index (χ0) is 14.6. The number of aliphatic hydroxyl groups excluding tert-OH is 1. The Labute approximate surface area is 114 Å². The van der Waals surface area contributed by atoms with E-state index in [4.69, 9.17) is 5.11 Å². The number of rotatable bonds is 5. The van der Waals surface area contributed by atoms with Gasteiger partial charge in [0.2, 0.25) is 5.91 Å². The lowest BCUT2D eigenvalue weighted by molar-refractivity contribution is -0.117. The fourth-order valence-electron chi connectivity index (χ4n) is 1.84. The van der Waals surface area contributed by atoms with E-state index in [9.17, 15) is 4.79 Å². The number of hydrogen-bond acceptors (Lipinski definition) is 3. The molecule has 0 saturated heterocycles. The maximum Gasteiger partial charge on any atom is 0.244 e. The Hall–Kier alpha value is -1.62. The van der Waals surface area contributed by atoms with Crippen molar-refractivity contribution < 1.29 is 9.90 Å². The van der Waals surface area contributed by atoms with Gasteiger partial charge in [0.15, 0.2) is 0 Å². The van der Waals surface area contributed by atoms with Gasteiger partial charge >= 0.3 is 0 Å². The van der Waals surface area contributed by atoms with Crippen molar-refractivity contribution in [3.8, 4) is 0 Å². The van der Waals surface area contributed by atoms with E-state index in [2.05, 4.69) is 10.4 Å². The van der Waals surface area contributed by atoms with Crippen LogP contribution in [0.4, 0.5) is 0 Å². The summed E-state index contributed by atoms with van der Waals surface area (Å²) in [7, 11) is 1.88.